The number of carbonyl (C=O) groups excluding carboxylic acids is 6. The van der Waals surface area contributed by atoms with Crippen molar-refractivity contribution in [1.29, 1.82) is 0 Å². The molecule has 6 atom stereocenters. The predicted octanol–water partition coefficient (Wildman–Crippen LogP) is -0.853. The van der Waals surface area contributed by atoms with Crippen molar-refractivity contribution in [2.24, 2.45) is 22.2 Å². The molecular formula is C44H58IN13O10S. The molecule has 25 heteroatoms. The van der Waals surface area contributed by atoms with Crippen LogP contribution in [0.4, 0.5) is 0 Å². The van der Waals surface area contributed by atoms with E-state index in [-0.39, 0.29) is 57.5 Å². The van der Waals surface area contributed by atoms with Crippen LogP contribution in [0.3, 0.4) is 0 Å². The minimum Gasteiger partial charge on any atom is -0.481 e. The van der Waals surface area contributed by atoms with Gasteiger partial charge in [0.05, 0.1) is 12.4 Å². The normalized spacial score (nSPS) is 13.6. The molecule has 69 heavy (non-hydrogen) atoms. The Morgan fingerprint density at radius 2 is 1.32 bits per heavy atom. The number of aliphatic imine (C=N–C) groups is 1. The fourth-order valence-electron chi connectivity index (χ4n) is 6.96. The molecule has 2 aromatic heterocycles. The van der Waals surface area contributed by atoms with Crippen LogP contribution in [0.15, 0.2) is 72.2 Å². The number of thioether (sulfide) groups is 1. The van der Waals surface area contributed by atoms with Gasteiger partial charge in [-0.05, 0) is 89.6 Å². The second-order valence-corrected chi connectivity index (χ2v) is 18.1. The van der Waals surface area contributed by atoms with Crippen LogP contribution in [0.25, 0.3) is 10.9 Å². The zero-order chi connectivity index (χ0) is 50.5. The molecule has 2 heterocycles. The topological polar surface area (TPSA) is 384 Å². The van der Waals surface area contributed by atoms with Gasteiger partial charge in [-0.1, -0.05) is 30.3 Å². The summed E-state index contributed by atoms with van der Waals surface area (Å²) in [6.45, 7) is -0.682. The summed E-state index contributed by atoms with van der Waals surface area (Å²) in [6.07, 6.45) is 5.39. The second-order valence-electron chi connectivity index (χ2n) is 15.9. The summed E-state index contributed by atoms with van der Waals surface area (Å²) in [6, 6.07) is 6.34. The molecule has 2 aromatic carbocycles. The lowest BCUT2D eigenvalue weighted by molar-refractivity contribution is -0.139. The molecule has 0 radical (unpaired) electrons. The Bertz CT molecular complexity index is 2410. The first-order valence-corrected chi connectivity index (χ1v) is 24.2. The highest BCUT2D eigenvalue weighted by atomic mass is 127. The lowest BCUT2D eigenvalue weighted by atomic mass is 10.0. The molecule has 16 N–H and O–H groups in total. The lowest BCUT2D eigenvalue weighted by Gasteiger charge is -2.27. The van der Waals surface area contributed by atoms with E-state index < -0.39 is 96.6 Å². The van der Waals surface area contributed by atoms with Crippen LogP contribution in [-0.4, -0.2) is 140 Å². The number of nitrogens with two attached hydrogens (primary N) is 3. The monoisotopic (exact) mass is 1090 g/mol. The van der Waals surface area contributed by atoms with Crippen LogP contribution in [0.2, 0.25) is 0 Å². The number of carbonyl (C=O) groups is 8. The highest BCUT2D eigenvalue weighted by molar-refractivity contribution is 14.1. The van der Waals surface area contributed by atoms with Gasteiger partial charge in [0, 0.05) is 64.8 Å². The fraction of sp³-hybridized carbons (Fsp3) is 0.409. The van der Waals surface area contributed by atoms with Crippen molar-refractivity contribution >= 4 is 98.6 Å². The molecule has 0 saturated heterocycles. The van der Waals surface area contributed by atoms with Crippen LogP contribution < -0.4 is 49.1 Å². The van der Waals surface area contributed by atoms with E-state index in [1.165, 1.54) is 24.3 Å². The summed E-state index contributed by atoms with van der Waals surface area (Å²) in [5.41, 5.74) is 19.5. The molecule has 4 rings (SSSR count). The van der Waals surface area contributed by atoms with E-state index >= 15 is 0 Å². The molecule has 0 aliphatic heterocycles. The van der Waals surface area contributed by atoms with Crippen molar-refractivity contribution in [3.05, 3.63) is 87.6 Å². The van der Waals surface area contributed by atoms with Crippen LogP contribution in [0.1, 0.15) is 48.9 Å². The number of fused-ring (bicyclic) bond motifs is 1. The fourth-order valence-corrected chi connectivity index (χ4v) is 7.81. The number of amides is 6. The van der Waals surface area contributed by atoms with Gasteiger partial charge in [0.1, 0.15) is 36.8 Å². The van der Waals surface area contributed by atoms with Crippen molar-refractivity contribution in [3.8, 4) is 0 Å². The Labute approximate surface area is 414 Å². The molecule has 372 valence electrons. The molecule has 23 nitrogen and oxygen atoms in total. The van der Waals surface area contributed by atoms with Gasteiger partial charge in [-0.15, -0.1) is 0 Å². The summed E-state index contributed by atoms with van der Waals surface area (Å²) in [4.78, 5) is 121. The third kappa shape index (κ3) is 18.7. The number of aliphatic carboxylic acids is 2. The zero-order valence-electron chi connectivity index (χ0n) is 37.7. The summed E-state index contributed by atoms with van der Waals surface area (Å²) in [5.74, 6) is -7.15. The van der Waals surface area contributed by atoms with E-state index in [9.17, 15) is 48.6 Å². The number of H-pyrrole nitrogens is 2. The highest BCUT2D eigenvalue weighted by Crippen LogP contribution is 2.20. The van der Waals surface area contributed by atoms with E-state index in [0.717, 1.165) is 14.5 Å². The molecule has 0 bridgehead atoms. The maximum absolute atomic E-state index is 14.5. The Morgan fingerprint density at radius 1 is 0.725 bits per heavy atom. The quantitative estimate of drug-likeness (QED) is 0.0136. The van der Waals surface area contributed by atoms with Gasteiger partial charge in [0.15, 0.2) is 5.96 Å². The molecular weight excluding hydrogens is 1030 g/mol. The lowest BCUT2D eigenvalue weighted by Crippen LogP contribution is -2.60. The Balaban J connectivity index is 1.66. The molecule has 4 aromatic rings. The van der Waals surface area contributed by atoms with Crippen LogP contribution in [0, 0.1) is 3.57 Å². The summed E-state index contributed by atoms with van der Waals surface area (Å²) < 4.78 is 0.880. The molecule has 0 aliphatic rings. The number of imidazole rings is 1. The Kier molecular flexibility index (Phi) is 22.2. The van der Waals surface area contributed by atoms with E-state index in [4.69, 9.17) is 17.2 Å². The molecule has 0 saturated carbocycles. The SMILES string of the molecule is CSCC[C@H](N)C(=O)N[C@@H](CCC(=O)O)C(=O)N[C@@H](Cc1cnc[nH]1)C(=O)N[C@@H](Cc1ccc(I)cc1)C(=O)N[C@@H](CCCN=C(N)N)C(=O)N[C@@H](Cc1c[nH]c2ccccc12)C(=O)NCC(=O)O. The maximum Gasteiger partial charge on any atom is 0.322 e. The average molecular weight is 1090 g/mol. The minimum atomic E-state index is -1.44. The van der Waals surface area contributed by atoms with Crippen LogP contribution in [-0.2, 0) is 57.6 Å². The Morgan fingerprint density at radius 3 is 1.93 bits per heavy atom. The number of benzene rings is 2. The van der Waals surface area contributed by atoms with E-state index in [1.807, 2.05) is 24.5 Å². The predicted molar refractivity (Wildman–Crippen MR) is 265 cm³/mol. The van der Waals surface area contributed by atoms with Crippen molar-refractivity contribution in [3.63, 3.8) is 0 Å². The van der Waals surface area contributed by atoms with Crippen molar-refractivity contribution in [2.75, 3.05) is 25.1 Å². The van der Waals surface area contributed by atoms with Crippen molar-refractivity contribution < 1.29 is 48.6 Å². The van der Waals surface area contributed by atoms with Crippen molar-refractivity contribution in [2.45, 2.75) is 87.6 Å². The smallest absolute Gasteiger partial charge is 0.322 e. The number of para-hydroxylation sites is 1. The largest absolute Gasteiger partial charge is 0.481 e. The van der Waals surface area contributed by atoms with Crippen LogP contribution >= 0.6 is 34.4 Å². The molecule has 0 unspecified atom stereocenters. The van der Waals surface area contributed by atoms with Gasteiger partial charge >= 0.3 is 11.9 Å². The molecule has 0 aliphatic carbocycles. The minimum absolute atomic E-state index is 0.0509. The molecule has 0 spiro atoms. The van der Waals surface area contributed by atoms with Gasteiger partial charge in [-0.3, -0.25) is 43.3 Å². The zero-order valence-corrected chi connectivity index (χ0v) is 40.6. The highest BCUT2D eigenvalue weighted by Gasteiger charge is 2.34. The van der Waals surface area contributed by atoms with Crippen LogP contribution in [0.5, 0.6) is 0 Å². The Hall–Kier alpha value is -6.74. The van der Waals surface area contributed by atoms with Crippen molar-refractivity contribution in [1.82, 2.24) is 46.9 Å². The standard InChI is InChI=1S/C44H58IN13O10S/c1-69-16-14-29(46)38(63)54-32(12-13-36(59)60)41(66)58-35(19-27-21-49-23-53-27)43(68)56-33(17-24-8-10-26(45)11-9-24)42(67)55-31(7-4-15-50-44(47)48)40(65)57-34(39(64)52-22-37(61)62)18-25-20-51-30-6-3-2-5-28(25)30/h2-3,5-6,8-11,20-21,23,29,31-35,51H,4,7,12-19,22,46H2,1H3,(H,49,53)(H,52,64)(H,54,63)(H,55,67)(H,56,68)(H,57,65)(H,58,66)(H,59,60)(H,61,62)(H4,47,48,50)/t29-,31-,32-,33-,34-,35-/m0/s1. The number of nitrogens with zero attached hydrogens (tertiary/aromatic N) is 2. The summed E-state index contributed by atoms with van der Waals surface area (Å²) >= 11 is 3.57. The summed E-state index contributed by atoms with van der Waals surface area (Å²) in [5, 5.41) is 35.0. The average Bonchev–Trinajstić information content (AvgIpc) is 3.99. The molecule has 0 fully saturated rings. The first kappa shape index (κ1) is 54.9. The molecule has 6 amide bonds. The van der Waals surface area contributed by atoms with E-state index in [1.54, 1.807) is 36.5 Å². The summed E-state index contributed by atoms with van der Waals surface area (Å²) in [7, 11) is 0. The second kappa shape index (κ2) is 27.9. The van der Waals surface area contributed by atoms with E-state index in [2.05, 4.69) is 74.4 Å². The first-order chi connectivity index (χ1) is 32.9. The number of hydrogen-bond donors (Lipinski definition) is 13. The number of aromatic amines is 2. The van der Waals surface area contributed by atoms with Gasteiger partial charge in [0.2, 0.25) is 35.4 Å². The third-order valence-corrected chi connectivity index (χ3v) is 11.9. The first-order valence-electron chi connectivity index (χ1n) is 21.7. The number of guanidine groups is 1. The number of rotatable bonds is 29. The number of carboxylic acids is 2. The van der Waals surface area contributed by atoms with Gasteiger partial charge in [-0.2, -0.15) is 11.8 Å². The third-order valence-electron chi connectivity index (χ3n) is 10.6. The van der Waals surface area contributed by atoms with Gasteiger partial charge in [-0.25, -0.2) is 4.98 Å². The number of carboxylic acid groups (broad SMARTS) is 2. The number of halogens is 1. The van der Waals surface area contributed by atoms with Gasteiger partial charge in [0.25, 0.3) is 0 Å². The maximum atomic E-state index is 14.5. The number of aromatic nitrogens is 3. The van der Waals surface area contributed by atoms with Gasteiger partial charge < -0.3 is 69.3 Å². The number of hydrogen-bond acceptors (Lipinski definition) is 12. The number of nitrogens with one attached hydrogen (secondary N) is 8. The van der Waals surface area contributed by atoms with E-state index in [0.29, 0.717) is 22.6 Å².